The highest BCUT2D eigenvalue weighted by molar-refractivity contribution is 5.87. The van der Waals surface area contributed by atoms with Crippen LogP contribution in [-0.2, 0) is 9.59 Å². The molecule has 0 aromatic rings. The highest BCUT2D eigenvalue weighted by Crippen LogP contribution is 2.07. The average Bonchev–Trinajstić information content (AvgIpc) is 2.24. The Bertz CT molecular complexity index is 355. The third kappa shape index (κ3) is 6.61. The Balaban J connectivity index is 4.36. The molecule has 0 aromatic heterocycles. The van der Waals surface area contributed by atoms with Crippen LogP contribution in [0.15, 0.2) is 0 Å². The molecule has 0 heterocycles. The number of amides is 3. The van der Waals surface area contributed by atoms with Gasteiger partial charge in [-0.25, -0.2) is 9.59 Å². The van der Waals surface area contributed by atoms with Crippen molar-refractivity contribution < 1.29 is 19.5 Å². The molecule has 0 saturated heterocycles. The van der Waals surface area contributed by atoms with Crippen LogP contribution in [-0.4, -0.2) is 60.1 Å². The molecule has 0 unspecified atom stereocenters. The molecule has 1 atom stereocenters. The summed E-state index contributed by atoms with van der Waals surface area (Å²) in [5.74, 6) is -2.10. The van der Waals surface area contributed by atoms with Crippen LogP contribution in [0.5, 0.6) is 0 Å². The molecule has 8 heteroatoms. The van der Waals surface area contributed by atoms with Crippen LogP contribution in [0.1, 0.15) is 20.3 Å². The molecule has 19 heavy (non-hydrogen) atoms. The Morgan fingerprint density at radius 3 is 2.21 bits per heavy atom. The van der Waals surface area contributed by atoms with Crippen molar-refractivity contribution in [3.8, 4) is 0 Å². The van der Waals surface area contributed by atoms with Crippen LogP contribution < -0.4 is 16.4 Å². The van der Waals surface area contributed by atoms with Crippen molar-refractivity contribution in [3.05, 3.63) is 0 Å². The molecule has 3 amide bonds. The second kappa shape index (κ2) is 6.93. The Kier molecular flexibility index (Phi) is 6.26. The summed E-state index contributed by atoms with van der Waals surface area (Å²) in [5, 5.41) is 13.6. The predicted molar refractivity (Wildman–Crippen MR) is 69.5 cm³/mol. The van der Waals surface area contributed by atoms with Gasteiger partial charge in [0.15, 0.2) is 0 Å². The smallest absolute Gasteiger partial charge is 0.326 e. The molecule has 0 spiro atoms. The van der Waals surface area contributed by atoms with Crippen molar-refractivity contribution in [2.45, 2.75) is 31.8 Å². The summed E-state index contributed by atoms with van der Waals surface area (Å²) < 4.78 is 0. The monoisotopic (exact) mass is 274 g/mol. The van der Waals surface area contributed by atoms with Crippen molar-refractivity contribution in [1.82, 2.24) is 15.5 Å². The van der Waals surface area contributed by atoms with E-state index in [-0.39, 0.29) is 5.54 Å². The third-order valence-electron chi connectivity index (χ3n) is 2.90. The number of carboxylic acid groups (broad SMARTS) is 1. The first-order valence-electron chi connectivity index (χ1n) is 5.79. The van der Waals surface area contributed by atoms with E-state index in [1.807, 2.05) is 32.8 Å². The molecule has 0 aromatic carbocycles. The molecule has 0 aliphatic carbocycles. The summed E-state index contributed by atoms with van der Waals surface area (Å²) in [6, 6.07) is -1.97. The number of likely N-dealkylation sites (N-methyl/N-ethyl adjacent to an activating group) is 1. The van der Waals surface area contributed by atoms with Crippen molar-refractivity contribution in [1.29, 1.82) is 0 Å². The number of nitrogens with one attached hydrogen (secondary N) is 2. The molecule has 5 N–H and O–H groups in total. The maximum atomic E-state index is 11.6. The van der Waals surface area contributed by atoms with Gasteiger partial charge < -0.3 is 26.4 Å². The second-order valence-electron chi connectivity index (χ2n) is 5.10. The van der Waals surface area contributed by atoms with E-state index in [1.54, 1.807) is 0 Å². The van der Waals surface area contributed by atoms with Gasteiger partial charge in [0.1, 0.15) is 6.04 Å². The highest BCUT2D eigenvalue weighted by atomic mass is 16.4. The van der Waals surface area contributed by atoms with Crippen LogP contribution in [0.4, 0.5) is 4.79 Å². The third-order valence-corrected chi connectivity index (χ3v) is 2.90. The topological polar surface area (TPSA) is 125 Å². The van der Waals surface area contributed by atoms with E-state index < -0.39 is 30.4 Å². The maximum absolute atomic E-state index is 11.6. The SMILES string of the molecule is CN(C)C(C)(C)CNC(=O)N[C@H](CC(N)=O)C(=O)O. The minimum Gasteiger partial charge on any atom is -0.480 e. The standard InChI is InChI=1S/C11H22N4O4/c1-11(2,15(3)4)6-13-10(19)14-7(9(17)18)5-8(12)16/h7H,5-6H2,1-4H3,(H2,12,16)(H,17,18)(H2,13,14,19)/t7-/m1/s1. The Labute approximate surface area is 112 Å². The quantitative estimate of drug-likeness (QED) is 0.471. The van der Waals surface area contributed by atoms with E-state index in [4.69, 9.17) is 10.8 Å². The number of hydrogen-bond acceptors (Lipinski definition) is 4. The van der Waals surface area contributed by atoms with Crippen molar-refractivity contribution in [3.63, 3.8) is 0 Å². The van der Waals surface area contributed by atoms with Gasteiger partial charge in [-0.2, -0.15) is 0 Å². The van der Waals surface area contributed by atoms with E-state index in [1.165, 1.54) is 0 Å². The Morgan fingerprint density at radius 2 is 1.84 bits per heavy atom. The van der Waals surface area contributed by atoms with Crippen LogP contribution >= 0.6 is 0 Å². The molecule has 110 valence electrons. The second-order valence-corrected chi connectivity index (χ2v) is 5.10. The van der Waals surface area contributed by atoms with Gasteiger partial charge in [-0.3, -0.25) is 4.79 Å². The summed E-state index contributed by atoms with van der Waals surface area (Å²) in [6.45, 7) is 4.17. The number of nitrogens with zero attached hydrogens (tertiary/aromatic N) is 1. The number of hydrogen-bond donors (Lipinski definition) is 4. The zero-order valence-electron chi connectivity index (χ0n) is 11.7. The molecule has 0 aliphatic rings. The lowest BCUT2D eigenvalue weighted by atomic mass is 10.0. The molecule has 0 bridgehead atoms. The Morgan fingerprint density at radius 1 is 1.32 bits per heavy atom. The van der Waals surface area contributed by atoms with Crippen LogP contribution in [0, 0.1) is 0 Å². The molecule has 0 radical (unpaired) electrons. The zero-order valence-corrected chi connectivity index (χ0v) is 11.7. The first kappa shape index (κ1) is 17.2. The van der Waals surface area contributed by atoms with E-state index in [9.17, 15) is 14.4 Å². The van der Waals surface area contributed by atoms with E-state index in [2.05, 4.69) is 10.6 Å². The fourth-order valence-electron chi connectivity index (χ4n) is 1.07. The summed E-state index contributed by atoms with van der Waals surface area (Å²) in [4.78, 5) is 35.0. The van der Waals surface area contributed by atoms with E-state index in [0.717, 1.165) is 0 Å². The number of rotatable bonds is 7. The van der Waals surface area contributed by atoms with Crippen molar-refractivity contribution in [2.75, 3.05) is 20.6 Å². The summed E-state index contributed by atoms with van der Waals surface area (Å²) >= 11 is 0. The summed E-state index contributed by atoms with van der Waals surface area (Å²) in [6.07, 6.45) is -0.445. The summed E-state index contributed by atoms with van der Waals surface area (Å²) in [7, 11) is 3.74. The number of urea groups is 1. The lowest BCUT2D eigenvalue weighted by molar-refractivity contribution is -0.140. The fraction of sp³-hybridized carbons (Fsp3) is 0.727. The number of aliphatic carboxylic acids is 1. The lowest BCUT2D eigenvalue weighted by Gasteiger charge is -2.32. The largest absolute Gasteiger partial charge is 0.480 e. The number of nitrogens with two attached hydrogens (primary N) is 1. The average molecular weight is 274 g/mol. The van der Waals surface area contributed by atoms with Gasteiger partial charge in [-0.1, -0.05) is 0 Å². The maximum Gasteiger partial charge on any atom is 0.326 e. The van der Waals surface area contributed by atoms with Gasteiger partial charge in [-0.15, -0.1) is 0 Å². The number of carboxylic acids is 1. The number of primary amides is 1. The molecule has 0 aliphatic heterocycles. The fourth-order valence-corrected chi connectivity index (χ4v) is 1.07. The van der Waals surface area contributed by atoms with Crippen molar-refractivity contribution >= 4 is 17.9 Å². The normalized spacial score (nSPS) is 12.9. The van der Waals surface area contributed by atoms with Gasteiger partial charge in [0.05, 0.1) is 6.42 Å². The minimum atomic E-state index is -1.32. The molecular formula is C11H22N4O4. The molecular weight excluding hydrogens is 252 g/mol. The van der Waals surface area contributed by atoms with Gasteiger partial charge in [0.25, 0.3) is 0 Å². The van der Waals surface area contributed by atoms with E-state index in [0.29, 0.717) is 6.54 Å². The van der Waals surface area contributed by atoms with Gasteiger partial charge in [0, 0.05) is 12.1 Å². The van der Waals surface area contributed by atoms with Crippen LogP contribution in [0.25, 0.3) is 0 Å². The van der Waals surface area contributed by atoms with Gasteiger partial charge >= 0.3 is 12.0 Å². The number of carbonyl (C=O) groups is 3. The zero-order chi connectivity index (χ0) is 15.2. The predicted octanol–water partition coefficient (Wildman–Crippen LogP) is -1.05. The van der Waals surface area contributed by atoms with Gasteiger partial charge in [-0.05, 0) is 27.9 Å². The lowest BCUT2D eigenvalue weighted by Crippen LogP contribution is -2.53. The minimum absolute atomic E-state index is 0.278. The van der Waals surface area contributed by atoms with Crippen molar-refractivity contribution in [2.24, 2.45) is 5.73 Å². The van der Waals surface area contributed by atoms with Gasteiger partial charge in [0.2, 0.25) is 5.91 Å². The number of carbonyl (C=O) groups excluding carboxylic acids is 2. The van der Waals surface area contributed by atoms with E-state index >= 15 is 0 Å². The van der Waals surface area contributed by atoms with Crippen LogP contribution in [0.3, 0.4) is 0 Å². The van der Waals surface area contributed by atoms with Crippen LogP contribution in [0.2, 0.25) is 0 Å². The first-order chi connectivity index (χ1) is 8.56. The highest BCUT2D eigenvalue weighted by Gasteiger charge is 2.24. The molecule has 0 fully saturated rings. The molecule has 0 rings (SSSR count). The first-order valence-corrected chi connectivity index (χ1v) is 5.79. The Hall–Kier alpha value is -1.83. The molecule has 8 nitrogen and oxygen atoms in total. The molecule has 0 saturated carbocycles. The summed E-state index contributed by atoms with van der Waals surface area (Å²) in [5.41, 5.74) is 4.63.